The molecule has 0 fully saturated rings. The molecule has 1 heterocycles. The molecule has 0 spiro atoms. The Hall–Kier alpha value is -1.08. The van der Waals surface area contributed by atoms with Crippen molar-refractivity contribution in [1.29, 1.82) is 0 Å². The van der Waals surface area contributed by atoms with Crippen molar-refractivity contribution in [3.8, 4) is 0 Å². The lowest BCUT2D eigenvalue weighted by Crippen LogP contribution is -2.18. The van der Waals surface area contributed by atoms with Gasteiger partial charge in [0.05, 0.1) is 11.8 Å². The summed E-state index contributed by atoms with van der Waals surface area (Å²) in [6, 6.07) is 0. The first-order valence-corrected chi connectivity index (χ1v) is 8.14. The minimum absolute atomic E-state index is 0.207. The van der Waals surface area contributed by atoms with Gasteiger partial charge in [-0.2, -0.15) is 5.10 Å². The van der Waals surface area contributed by atoms with Crippen LogP contribution >= 0.6 is 10.7 Å². The molecule has 0 aromatic carbocycles. The van der Waals surface area contributed by atoms with Crippen molar-refractivity contribution in [3.05, 3.63) is 11.4 Å². The Balaban J connectivity index is 2.96. The van der Waals surface area contributed by atoms with Gasteiger partial charge in [0.15, 0.2) is 5.69 Å². The van der Waals surface area contributed by atoms with Gasteiger partial charge >= 0.3 is 5.97 Å². The van der Waals surface area contributed by atoms with Crippen molar-refractivity contribution in [1.82, 2.24) is 10.2 Å². The first-order chi connectivity index (χ1) is 8.62. The number of hydrogen-bond donors (Lipinski definition) is 1. The Bertz CT molecular complexity index is 565. The Kier molecular flexibility index (Phi) is 4.98. The van der Waals surface area contributed by atoms with Crippen molar-refractivity contribution in [2.45, 2.75) is 45.1 Å². The lowest BCUT2D eigenvalue weighted by Gasteiger charge is -2.14. The third kappa shape index (κ3) is 4.21. The molecule has 1 N–H and O–H groups in total. The van der Waals surface area contributed by atoms with Crippen LogP contribution in [0.1, 0.15) is 43.4 Å². The molecule has 1 rings (SSSR count). The second-order valence-electron chi connectivity index (χ2n) is 4.81. The molecule has 0 radical (unpaired) electrons. The van der Waals surface area contributed by atoms with Crippen LogP contribution in [0.15, 0.2) is 4.90 Å². The number of esters is 1. The maximum atomic E-state index is 11.9. The van der Waals surface area contributed by atoms with Crippen molar-refractivity contribution < 1.29 is 17.9 Å². The number of ether oxygens (including phenoxy) is 1. The standard InChI is InChI=1S/C11H17ClN2O4S/c1-6(2)5-7(3)18-11(15)9-10(19(12,16)17)8(4)13-14-9/h6-7H,5H2,1-4H3,(H,13,14). The van der Waals surface area contributed by atoms with E-state index in [4.69, 9.17) is 15.4 Å². The first-order valence-electron chi connectivity index (χ1n) is 5.83. The number of nitrogens with zero attached hydrogens (tertiary/aromatic N) is 1. The van der Waals surface area contributed by atoms with Gasteiger partial charge in [0.1, 0.15) is 4.90 Å². The van der Waals surface area contributed by atoms with E-state index in [2.05, 4.69) is 10.2 Å². The van der Waals surface area contributed by atoms with Crippen LogP contribution in [-0.4, -0.2) is 30.7 Å². The molecular formula is C11H17ClN2O4S. The van der Waals surface area contributed by atoms with Gasteiger partial charge in [0.25, 0.3) is 9.05 Å². The molecule has 0 bridgehead atoms. The smallest absolute Gasteiger partial charge is 0.360 e. The number of nitrogens with one attached hydrogen (secondary N) is 1. The molecule has 0 amide bonds. The fraction of sp³-hybridized carbons (Fsp3) is 0.636. The molecule has 0 aliphatic rings. The van der Waals surface area contributed by atoms with Crippen molar-refractivity contribution >= 4 is 25.7 Å². The third-order valence-corrected chi connectivity index (χ3v) is 3.89. The average Bonchev–Trinajstić information content (AvgIpc) is 2.57. The second kappa shape index (κ2) is 5.92. The summed E-state index contributed by atoms with van der Waals surface area (Å²) in [5.41, 5.74) is -0.0958. The van der Waals surface area contributed by atoms with Gasteiger partial charge in [-0.3, -0.25) is 5.10 Å². The largest absolute Gasteiger partial charge is 0.458 e. The quantitative estimate of drug-likeness (QED) is 0.665. The SMILES string of the molecule is Cc1[nH]nc(C(=O)OC(C)CC(C)C)c1S(=O)(=O)Cl. The summed E-state index contributed by atoms with van der Waals surface area (Å²) in [7, 11) is 1.23. The lowest BCUT2D eigenvalue weighted by atomic mass is 10.1. The van der Waals surface area contributed by atoms with Crippen LogP contribution in [0.5, 0.6) is 0 Å². The topological polar surface area (TPSA) is 89.1 Å². The van der Waals surface area contributed by atoms with E-state index < -0.39 is 15.0 Å². The van der Waals surface area contributed by atoms with Gasteiger partial charge in [-0.1, -0.05) is 13.8 Å². The zero-order valence-corrected chi connectivity index (χ0v) is 12.8. The van der Waals surface area contributed by atoms with Crippen molar-refractivity contribution in [2.24, 2.45) is 5.92 Å². The van der Waals surface area contributed by atoms with E-state index in [0.717, 1.165) is 0 Å². The number of hydrogen-bond acceptors (Lipinski definition) is 5. The number of aryl methyl sites for hydroxylation is 1. The Morgan fingerprint density at radius 3 is 2.47 bits per heavy atom. The lowest BCUT2D eigenvalue weighted by molar-refractivity contribution is 0.0288. The number of rotatable bonds is 5. The summed E-state index contributed by atoms with van der Waals surface area (Å²) >= 11 is 0. The predicted octanol–water partition coefficient (Wildman–Crippen LogP) is 2.24. The Morgan fingerprint density at radius 1 is 1.42 bits per heavy atom. The first kappa shape index (κ1) is 16.0. The summed E-state index contributed by atoms with van der Waals surface area (Å²) in [4.78, 5) is 11.6. The molecule has 0 saturated carbocycles. The van der Waals surface area contributed by atoms with Crippen LogP contribution in [-0.2, 0) is 13.8 Å². The zero-order chi connectivity index (χ0) is 14.8. The van der Waals surface area contributed by atoms with Gasteiger partial charge in [0.2, 0.25) is 0 Å². The molecule has 0 aliphatic heterocycles. The van der Waals surface area contributed by atoms with E-state index >= 15 is 0 Å². The molecule has 1 atom stereocenters. The number of H-pyrrole nitrogens is 1. The zero-order valence-electron chi connectivity index (χ0n) is 11.2. The van der Waals surface area contributed by atoms with E-state index in [0.29, 0.717) is 12.3 Å². The fourth-order valence-corrected chi connectivity index (χ4v) is 3.14. The third-order valence-electron chi connectivity index (χ3n) is 2.44. The monoisotopic (exact) mass is 308 g/mol. The van der Waals surface area contributed by atoms with Crippen LogP contribution in [0.4, 0.5) is 0 Å². The van der Waals surface area contributed by atoms with E-state index in [1.807, 2.05) is 13.8 Å². The molecule has 19 heavy (non-hydrogen) atoms. The molecule has 0 saturated heterocycles. The van der Waals surface area contributed by atoms with E-state index in [-0.39, 0.29) is 22.4 Å². The number of aromatic amines is 1. The summed E-state index contributed by atoms with van der Waals surface area (Å²) in [6.07, 6.45) is 0.355. The van der Waals surface area contributed by atoms with Gasteiger partial charge < -0.3 is 4.74 Å². The van der Waals surface area contributed by atoms with Crippen LogP contribution < -0.4 is 0 Å². The Labute approximate surface area is 116 Å². The molecule has 1 unspecified atom stereocenters. The minimum atomic E-state index is -4.05. The molecule has 1 aromatic heterocycles. The summed E-state index contributed by atoms with van der Waals surface area (Å²) in [5, 5.41) is 6.08. The van der Waals surface area contributed by atoms with Crippen LogP contribution in [0, 0.1) is 12.8 Å². The summed E-state index contributed by atoms with van der Waals surface area (Å²) in [6.45, 7) is 7.21. The molecule has 8 heteroatoms. The molecule has 6 nitrogen and oxygen atoms in total. The maximum Gasteiger partial charge on any atom is 0.360 e. The normalized spacial score (nSPS) is 13.6. The van der Waals surface area contributed by atoms with Crippen LogP contribution in [0.25, 0.3) is 0 Å². The fourth-order valence-electron chi connectivity index (χ4n) is 1.81. The van der Waals surface area contributed by atoms with Gasteiger partial charge in [-0.15, -0.1) is 0 Å². The predicted molar refractivity (Wildman–Crippen MR) is 70.7 cm³/mol. The number of carbonyl (C=O) groups is 1. The van der Waals surface area contributed by atoms with E-state index in [1.165, 1.54) is 6.92 Å². The average molecular weight is 309 g/mol. The van der Waals surface area contributed by atoms with Crippen molar-refractivity contribution in [3.63, 3.8) is 0 Å². The maximum absolute atomic E-state index is 11.9. The van der Waals surface area contributed by atoms with E-state index in [9.17, 15) is 13.2 Å². The van der Waals surface area contributed by atoms with Crippen molar-refractivity contribution in [2.75, 3.05) is 0 Å². The highest BCUT2D eigenvalue weighted by Crippen LogP contribution is 2.23. The van der Waals surface area contributed by atoms with Crippen LogP contribution in [0.3, 0.4) is 0 Å². The highest BCUT2D eigenvalue weighted by Gasteiger charge is 2.28. The highest BCUT2D eigenvalue weighted by atomic mass is 35.7. The van der Waals surface area contributed by atoms with Gasteiger partial charge in [-0.25, -0.2) is 13.2 Å². The number of aromatic nitrogens is 2. The molecular weight excluding hydrogens is 292 g/mol. The summed E-state index contributed by atoms with van der Waals surface area (Å²) < 4.78 is 28.0. The highest BCUT2D eigenvalue weighted by molar-refractivity contribution is 8.13. The van der Waals surface area contributed by atoms with Crippen LogP contribution in [0.2, 0.25) is 0 Å². The van der Waals surface area contributed by atoms with Gasteiger partial charge in [-0.05, 0) is 26.2 Å². The molecule has 108 valence electrons. The minimum Gasteiger partial charge on any atom is -0.458 e. The number of carbonyl (C=O) groups excluding carboxylic acids is 1. The molecule has 1 aromatic rings. The van der Waals surface area contributed by atoms with Gasteiger partial charge in [0, 0.05) is 10.7 Å². The number of halogens is 1. The second-order valence-corrected chi connectivity index (χ2v) is 7.31. The van der Waals surface area contributed by atoms with E-state index in [1.54, 1.807) is 6.92 Å². The molecule has 0 aliphatic carbocycles. The Morgan fingerprint density at radius 2 is 2.00 bits per heavy atom. The summed E-state index contributed by atoms with van der Waals surface area (Å²) in [5.74, 6) is -0.434.